The van der Waals surface area contributed by atoms with Crippen LogP contribution >= 0.6 is 22.9 Å². The highest BCUT2D eigenvalue weighted by Gasteiger charge is 2.15. The van der Waals surface area contributed by atoms with Crippen molar-refractivity contribution >= 4 is 51.3 Å². The third kappa shape index (κ3) is 6.30. The van der Waals surface area contributed by atoms with Gasteiger partial charge in [0.2, 0.25) is 5.95 Å². The van der Waals surface area contributed by atoms with Gasteiger partial charge in [0, 0.05) is 25.3 Å². The summed E-state index contributed by atoms with van der Waals surface area (Å²) in [5, 5.41) is 17.5. The highest BCUT2D eigenvalue weighted by molar-refractivity contribution is 7.14. The predicted octanol–water partition coefficient (Wildman–Crippen LogP) is 3.51. The van der Waals surface area contributed by atoms with Gasteiger partial charge in [0.1, 0.15) is 22.4 Å². The summed E-state index contributed by atoms with van der Waals surface area (Å²) >= 11 is 7.50. The van der Waals surface area contributed by atoms with Crippen molar-refractivity contribution in [2.45, 2.75) is 0 Å². The Labute approximate surface area is 199 Å². The van der Waals surface area contributed by atoms with Crippen LogP contribution in [0.4, 0.5) is 22.5 Å². The zero-order chi connectivity index (χ0) is 23.0. The molecule has 1 fully saturated rings. The van der Waals surface area contributed by atoms with E-state index < -0.39 is 5.91 Å². The number of rotatable bonds is 9. The van der Waals surface area contributed by atoms with Gasteiger partial charge < -0.3 is 20.1 Å². The number of anilines is 4. The summed E-state index contributed by atoms with van der Waals surface area (Å²) in [4.78, 5) is 22.7. The first-order valence-electron chi connectivity index (χ1n) is 10.2. The fraction of sp³-hybridized carbons (Fsp3) is 0.286. The SMILES string of the molecule is O=C(NO)c1ccsc1Nc1nc(Nc2ccc(OCCN3CCOCC3)cc2)ncc1Cl. The van der Waals surface area contributed by atoms with Crippen LogP contribution in [0.5, 0.6) is 5.75 Å². The first-order chi connectivity index (χ1) is 16.1. The number of morpholine rings is 1. The van der Waals surface area contributed by atoms with Crippen molar-refractivity contribution in [1.82, 2.24) is 20.3 Å². The Bertz CT molecular complexity index is 1070. The summed E-state index contributed by atoms with van der Waals surface area (Å²) in [5.41, 5.74) is 2.67. The van der Waals surface area contributed by atoms with Gasteiger partial charge in [-0.15, -0.1) is 11.3 Å². The molecule has 1 aliphatic rings. The van der Waals surface area contributed by atoms with Crippen LogP contribution in [0.15, 0.2) is 41.9 Å². The lowest BCUT2D eigenvalue weighted by molar-refractivity contribution is 0.0322. The summed E-state index contributed by atoms with van der Waals surface area (Å²) in [6.45, 7) is 4.90. The average molecular weight is 491 g/mol. The molecule has 2 aromatic heterocycles. The number of carbonyl (C=O) groups excluding carboxylic acids is 1. The van der Waals surface area contributed by atoms with Crippen molar-refractivity contribution in [2.75, 3.05) is 50.1 Å². The van der Waals surface area contributed by atoms with E-state index in [-0.39, 0.29) is 10.6 Å². The molecule has 1 amide bonds. The summed E-state index contributed by atoms with van der Waals surface area (Å²) in [5.74, 6) is 0.800. The lowest BCUT2D eigenvalue weighted by Gasteiger charge is -2.26. The normalized spacial score (nSPS) is 14.0. The molecule has 0 aliphatic carbocycles. The summed E-state index contributed by atoms with van der Waals surface area (Å²) in [7, 11) is 0. The number of hydrogen-bond donors (Lipinski definition) is 4. The molecule has 3 aromatic rings. The maximum atomic E-state index is 11.8. The van der Waals surface area contributed by atoms with E-state index in [1.165, 1.54) is 17.5 Å². The molecule has 4 N–H and O–H groups in total. The second kappa shape index (κ2) is 11.3. The first-order valence-corrected chi connectivity index (χ1v) is 11.5. The van der Waals surface area contributed by atoms with Crippen molar-refractivity contribution < 1.29 is 19.5 Å². The number of hydroxylamine groups is 1. The third-order valence-electron chi connectivity index (χ3n) is 4.88. The Morgan fingerprint density at radius 1 is 1.21 bits per heavy atom. The van der Waals surface area contributed by atoms with E-state index in [1.54, 1.807) is 16.9 Å². The van der Waals surface area contributed by atoms with Gasteiger partial charge >= 0.3 is 0 Å². The van der Waals surface area contributed by atoms with E-state index in [1.807, 2.05) is 24.3 Å². The number of thiophene rings is 1. The number of nitrogens with one attached hydrogen (secondary N) is 3. The van der Waals surface area contributed by atoms with Crippen molar-refractivity contribution in [3.05, 3.63) is 52.5 Å². The molecule has 33 heavy (non-hydrogen) atoms. The second-order valence-electron chi connectivity index (χ2n) is 7.07. The minimum absolute atomic E-state index is 0.274. The zero-order valence-electron chi connectivity index (χ0n) is 17.6. The molecular weight excluding hydrogens is 468 g/mol. The maximum Gasteiger partial charge on any atom is 0.277 e. The standard InChI is InChI=1S/C21H23ClN6O4S/c22-17-13-23-21(26-18(17)25-20-16(5-12-33-20)19(29)27-30)24-14-1-3-15(4-2-14)32-11-8-28-6-9-31-10-7-28/h1-5,12-13,30H,6-11H2,(H,27,29)(H2,23,24,25,26). The summed E-state index contributed by atoms with van der Waals surface area (Å²) < 4.78 is 11.2. The number of carbonyl (C=O) groups is 1. The number of nitrogens with zero attached hydrogens (tertiary/aromatic N) is 3. The molecule has 0 bridgehead atoms. The number of benzene rings is 1. The van der Waals surface area contributed by atoms with E-state index >= 15 is 0 Å². The quantitative estimate of drug-likeness (QED) is 0.263. The smallest absolute Gasteiger partial charge is 0.277 e. The predicted molar refractivity (Wildman–Crippen MR) is 126 cm³/mol. The minimum Gasteiger partial charge on any atom is -0.492 e. The largest absolute Gasteiger partial charge is 0.492 e. The van der Waals surface area contributed by atoms with Crippen molar-refractivity contribution in [3.63, 3.8) is 0 Å². The van der Waals surface area contributed by atoms with Gasteiger partial charge in [-0.05, 0) is 35.7 Å². The molecule has 10 nitrogen and oxygen atoms in total. The number of halogens is 1. The monoisotopic (exact) mass is 490 g/mol. The molecule has 1 aromatic carbocycles. The first kappa shape index (κ1) is 23.2. The molecule has 12 heteroatoms. The van der Waals surface area contributed by atoms with Crippen molar-refractivity contribution in [2.24, 2.45) is 0 Å². The Kier molecular flexibility index (Phi) is 7.92. The molecule has 174 valence electrons. The van der Waals surface area contributed by atoms with Crippen LogP contribution in [0.1, 0.15) is 10.4 Å². The van der Waals surface area contributed by atoms with Gasteiger partial charge in [-0.3, -0.25) is 14.9 Å². The molecule has 0 unspecified atom stereocenters. The molecule has 1 saturated heterocycles. The molecular formula is C21H23ClN6O4S. The average Bonchev–Trinajstić information content (AvgIpc) is 3.31. The highest BCUT2D eigenvalue weighted by Crippen LogP contribution is 2.30. The number of amides is 1. The molecule has 0 spiro atoms. The van der Waals surface area contributed by atoms with Crippen molar-refractivity contribution in [1.29, 1.82) is 0 Å². The number of aromatic nitrogens is 2. The Morgan fingerprint density at radius 3 is 2.76 bits per heavy atom. The van der Waals surface area contributed by atoms with Crippen LogP contribution in [-0.2, 0) is 4.74 Å². The van der Waals surface area contributed by atoms with Crippen LogP contribution in [-0.4, -0.2) is 65.4 Å². The van der Waals surface area contributed by atoms with E-state index in [0.29, 0.717) is 23.4 Å². The Morgan fingerprint density at radius 2 is 2.00 bits per heavy atom. The third-order valence-corrected chi connectivity index (χ3v) is 5.98. The maximum absolute atomic E-state index is 11.8. The van der Waals surface area contributed by atoms with Crippen LogP contribution in [0.3, 0.4) is 0 Å². The van der Waals surface area contributed by atoms with Gasteiger partial charge in [0.05, 0.1) is 25.0 Å². The number of hydrogen-bond acceptors (Lipinski definition) is 10. The topological polar surface area (TPSA) is 121 Å². The van der Waals surface area contributed by atoms with Crippen LogP contribution in [0, 0.1) is 0 Å². The molecule has 1 aliphatic heterocycles. The lowest BCUT2D eigenvalue weighted by Crippen LogP contribution is -2.38. The summed E-state index contributed by atoms with van der Waals surface area (Å²) in [6, 6.07) is 9.08. The molecule has 0 radical (unpaired) electrons. The van der Waals surface area contributed by atoms with E-state index in [4.69, 9.17) is 26.3 Å². The van der Waals surface area contributed by atoms with Gasteiger partial charge in [-0.25, -0.2) is 10.5 Å². The van der Waals surface area contributed by atoms with Gasteiger partial charge in [-0.2, -0.15) is 4.98 Å². The highest BCUT2D eigenvalue weighted by atomic mass is 35.5. The van der Waals surface area contributed by atoms with Gasteiger partial charge in [0.15, 0.2) is 5.82 Å². The van der Waals surface area contributed by atoms with E-state index in [2.05, 4.69) is 25.5 Å². The summed E-state index contributed by atoms with van der Waals surface area (Å²) in [6.07, 6.45) is 1.46. The molecule has 0 atom stereocenters. The van der Waals surface area contributed by atoms with Crippen molar-refractivity contribution in [3.8, 4) is 5.75 Å². The fourth-order valence-corrected chi connectivity index (χ4v) is 4.07. The Hall–Kier alpha value is -2.96. The fourth-order valence-electron chi connectivity index (χ4n) is 3.15. The molecule has 3 heterocycles. The van der Waals surface area contributed by atoms with Crippen LogP contribution in [0.2, 0.25) is 5.02 Å². The lowest BCUT2D eigenvalue weighted by atomic mass is 10.3. The van der Waals surface area contributed by atoms with Crippen LogP contribution in [0.25, 0.3) is 0 Å². The van der Waals surface area contributed by atoms with E-state index in [9.17, 15) is 4.79 Å². The minimum atomic E-state index is -0.630. The second-order valence-corrected chi connectivity index (χ2v) is 8.39. The Balaban J connectivity index is 1.35. The van der Waals surface area contributed by atoms with E-state index in [0.717, 1.165) is 44.3 Å². The van der Waals surface area contributed by atoms with Gasteiger partial charge in [-0.1, -0.05) is 11.6 Å². The van der Waals surface area contributed by atoms with Gasteiger partial charge in [0.25, 0.3) is 5.91 Å². The molecule has 4 rings (SSSR count). The number of ether oxygens (including phenoxy) is 2. The molecule has 0 saturated carbocycles. The zero-order valence-corrected chi connectivity index (χ0v) is 19.2. The van der Waals surface area contributed by atoms with Crippen LogP contribution < -0.4 is 20.9 Å².